The SMILES string of the molecule is CC(C)n1c[n+](C(C)C)c2ccccc21.[N-]=C=S. The number of thiocarbonyl (C=S) groups is 1. The molecule has 0 spiro atoms. The number of aromatic nitrogens is 2. The molecule has 0 bridgehead atoms. The molecular weight excluding hydrogens is 242 g/mol. The summed E-state index contributed by atoms with van der Waals surface area (Å²) in [6, 6.07) is 9.60. The Hall–Kier alpha value is -1.51. The minimum atomic E-state index is 0.509. The standard InChI is InChI=1S/C13H19N2.CNS/c1-10(2)14-9-15(11(3)4)13-8-6-5-7-12(13)14;2-1-3/h5-11H,1-4H3;/q+1;-1. The number of hydrogen-bond acceptors (Lipinski definition) is 1. The highest BCUT2D eigenvalue weighted by Gasteiger charge is 2.18. The highest BCUT2D eigenvalue weighted by atomic mass is 32.1. The third-order valence-corrected chi connectivity index (χ3v) is 2.80. The Morgan fingerprint density at radius 3 is 2.28 bits per heavy atom. The van der Waals surface area contributed by atoms with Crippen molar-refractivity contribution in [3.8, 4) is 0 Å². The molecule has 0 radical (unpaired) electrons. The zero-order valence-electron chi connectivity index (χ0n) is 11.3. The Labute approximate surface area is 114 Å². The fourth-order valence-corrected chi connectivity index (χ4v) is 1.98. The van der Waals surface area contributed by atoms with E-state index in [1.54, 1.807) is 0 Å². The van der Waals surface area contributed by atoms with E-state index < -0.39 is 0 Å². The van der Waals surface area contributed by atoms with Gasteiger partial charge in [-0.15, -0.1) is 0 Å². The van der Waals surface area contributed by atoms with Gasteiger partial charge in [0.05, 0.1) is 12.1 Å². The van der Waals surface area contributed by atoms with Crippen LogP contribution >= 0.6 is 12.2 Å². The molecule has 0 saturated heterocycles. The van der Waals surface area contributed by atoms with Gasteiger partial charge in [0.2, 0.25) is 6.33 Å². The van der Waals surface area contributed by atoms with Gasteiger partial charge >= 0.3 is 0 Å². The Balaban J connectivity index is 0.000000492. The molecule has 0 N–H and O–H groups in total. The van der Waals surface area contributed by atoms with Crippen LogP contribution in [0.2, 0.25) is 0 Å². The number of hydrogen-bond donors (Lipinski definition) is 0. The predicted octanol–water partition coefficient (Wildman–Crippen LogP) is 3.75. The fourth-order valence-electron chi connectivity index (χ4n) is 1.98. The normalized spacial score (nSPS) is 10.3. The van der Waals surface area contributed by atoms with Crippen LogP contribution in [0.15, 0.2) is 30.6 Å². The second-order valence-corrected chi connectivity index (χ2v) is 4.88. The first kappa shape index (κ1) is 14.6. The zero-order chi connectivity index (χ0) is 13.7. The molecule has 18 heavy (non-hydrogen) atoms. The first-order valence-corrected chi connectivity index (χ1v) is 6.45. The lowest BCUT2D eigenvalue weighted by atomic mass is 10.3. The summed E-state index contributed by atoms with van der Waals surface area (Å²) < 4.78 is 4.66. The van der Waals surface area contributed by atoms with Crippen molar-refractivity contribution in [3.63, 3.8) is 0 Å². The molecule has 0 aliphatic carbocycles. The molecule has 0 atom stereocenters. The average Bonchev–Trinajstić information content (AvgIpc) is 2.69. The van der Waals surface area contributed by atoms with Crippen LogP contribution in [0.4, 0.5) is 0 Å². The van der Waals surface area contributed by atoms with Crippen LogP contribution in [0.25, 0.3) is 16.4 Å². The lowest BCUT2D eigenvalue weighted by Crippen LogP contribution is -2.34. The van der Waals surface area contributed by atoms with Gasteiger partial charge in [-0.2, -0.15) is 5.16 Å². The summed E-state index contributed by atoms with van der Waals surface area (Å²) in [5.41, 5.74) is 2.64. The number of fused-ring (bicyclic) bond motifs is 1. The third kappa shape index (κ3) is 3.03. The lowest BCUT2D eigenvalue weighted by molar-refractivity contribution is -0.692. The van der Waals surface area contributed by atoms with Gasteiger partial charge in [-0.1, -0.05) is 24.4 Å². The Morgan fingerprint density at radius 2 is 1.78 bits per heavy atom. The van der Waals surface area contributed by atoms with Gasteiger partial charge in [0.25, 0.3) is 0 Å². The van der Waals surface area contributed by atoms with E-state index in [1.165, 1.54) is 16.2 Å². The maximum Gasteiger partial charge on any atom is 0.245 e. The quantitative estimate of drug-likeness (QED) is 0.460. The van der Waals surface area contributed by atoms with Crippen molar-refractivity contribution in [2.45, 2.75) is 39.8 Å². The third-order valence-electron chi connectivity index (χ3n) is 2.80. The zero-order valence-corrected chi connectivity index (χ0v) is 12.1. The molecule has 1 aromatic heterocycles. The van der Waals surface area contributed by atoms with Gasteiger partial charge in [0, 0.05) is 0 Å². The average molecular weight is 261 g/mol. The number of benzene rings is 1. The molecule has 0 aliphatic rings. The van der Waals surface area contributed by atoms with E-state index in [4.69, 9.17) is 5.41 Å². The van der Waals surface area contributed by atoms with E-state index in [2.05, 4.69) is 79.6 Å². The van der Waals surface area contributed by atoms with Crippen molar-refractivity contribution in [1.29, 1.82) is 0 Å². The van der Waals surface area contributed by atoms with Crippen molar-refractivity contribution >= 4 is 28.4 Å². The maximum absolute atomic E-state index is 7.13. The van der Waals surface area contributed by atoms with Crippen LogP contribution in [-0.2, 0) is 0 Å². The van der Waals surface area contributed by atoms with Crippen molar-refractivity contribution in [3.05, 3.63) is 36.0 Å². The molecule has 4 heteroatoms. The second kappa shape index (κ2) is 6.43. The molecule has 1 aromatic carbocycles. The minimum absolute atomic E-state index is 0.509. The molecule has 0 saturated carbocycles. The van der Waals surface area contributed by atoms with Crippen LogP contribution in [0.5, 0.6) is 0 Å². The summed E-state index contributed by atoms with van der Waals surface area (Å²) in [4.78, 5) is 0. The summed E-state index contributed by atoms with van der Waals surface area (Å²) >= 11 is 3.70. The molecule has 0 fully saturated rings. The molecule has 96 valence electrons. The highest BCUT2D eigenvalue weighted by molar-refractivity contribution is 7.78. The first-order valence-electron chi connectivity index (χ1n) is 6.04. The summed E-state index contributed by atoms with van der Waals surface area (Å²) in [6.07, 6.45) is 2.22. The van der Waals surface area contributed by atoms with E-state index in [9.17, 15) is 0 Å². The number of imidazole rings is 1. The van der Waals surface area contributed by atoms with Crippen LogP contribution in [0.3, 0.4) is 0 Å². The Kier molecular flexibility index (Phi) is 5.20. The van der Waals surface area contributed by atoms with Crippen molar-refractivity contribution in [2.75, 3.05) is 0 Å². The van der Waals surface area contributed by atoms with Crippen LogP contribution < -0.4 is 4.57 Å². The smallest absolute Gasteiger partial charge is 0.245 e. The molecule has 3 nitrogen and oxygen atoms in total. The van der Waals surface area contributed by atoms with Crippen molar-refractivity contribution < 1.29 is 4.57 Å². The van der Waals surface area contributed by atoms with Gasteiger partial charge in [-0.3, -0.25) is 0 Å². The van der Waals surface area contributed by atoms with E-state index in [-0.39, 0.29) is 0 Å². The number of nitrogens with zero attached hydrogens (tertiary/aromatic N) is 3. The molecule has 0 aliphatic heterocycles. The molecular formula is C14H19N3S. The summed E-state index contributed by atoms with van der Waals surface area (Å²) in [6.45, 7) is 8.88. The Bertz CT molecular complexity index is 507. The van der Waals surface area contributed by atoms with E-state index in [0.29, 0.717) is 12.1 Å². The number of isothiocyanates is 1. The number of rotatable bonds is 2. The molecule has 2 rings (SSSR count). The van der Waals surface area contributed by atoms with Crippen molar-refractivity contribution in [2.24, 2.45) is 0 Å². The topological polar surface area (TPSA) is 31.1 Å². The summed E-state index contributed by atoms with van der Waals surface area (Å²) in [5.74, 6) is 0. The molecule has 0 unspecified atom stereocenters. The van der Waals surface area contributed by atoms with Crippen molar-refractivity contribution in [1.82, 2.24) is 4.57 Å². The van der Waals surface area contributed by atoms with Gasteiger partial charge in [0.1, 0.15) is 0 Å². The highest BCUT2D eigenvalue weighted by Crippen LogP contribution is 2.17. The van der Waals surface area contributed by atoms with Crippen LogP contribution in [0, 0.1) is 0 Å². The predicted molar refractivity (Wildman–Crippen MR) is 78.9 cm³/mol. The molecule has 2 aromatic rings. The second-order valence-electron chi connectivity index (χ2n) is 4.70. The van der Waals surface area contributed by atoms with E-state index in [0.717, 1.165) is 0 Å². The first-order chi connectivity index (χ1) is 8.52. The van der Waals surface area contributed by atoms with Crippen LogP contribution in [0.1, 0.15) is 39.8 Å². The van der Waals surface area contributed by atoms with E-state index in [1.807, 2.05) is 0 Å². The fraction of sp³-hybridized carbons (Fsp3) is 0.429. The molecule has 1 heterocycles. The maximum atomic E-state index is 7.13. The largest absolute Gasteiger partial charge is 0.753 e. The monoisotopic (exact) mass is 261 g/mol. The Morgan fingerprint density at radius 1 is 1.22 bits per heavy atom. The van der Waals surface area contributed by atoms with Gasteiger partial charge in [0.15, 0.2) is 11.0 Å². The summed E-state index contributed by atoms with van der Waals surface area (Å²) in [5, 5.41) is 8.47. The van der Waals surface area contributed by atoms with Crippen LogP contribution in [-0.4, -0.2) is 9.73 Å². The molecule has 0 amide bonds. The van der Waals surface area contributed by atoms with Gasteiger partial charge in [-0.25, -0.2) is 9.13 Å². The minimum Gasteiger partial charge on any atom is -0.753 e. The lowest BCUT2D eigenvalue weighted by Gasteiger charge is -2.00. The number of para-hydroxylation sites is 2. The van der Waals surface area contributed by atoms with Gasteiger partial charge in [-0.05, 0) is 39.8 Å². The summed E-state index contributed by atoms with van der Waals surface area (Å²) in [7, 11) is 0. The van der Waals surface area contributed by atoms with E-state index >= 15 is 0 Å². The van der Waals surface area contributed by atoms with Gasteiger partial charge < -0.3 is 5.41 Å².